The summed E-state index contributed by atoms with van der Waals surface area (Å²) < 4.78 is 0. The minimum atomic E-state index is 1.16. The zero-order valence-electron chi connectivity index (χ0n) is 6.92. The van der Waals surface area contributed by atoms with E-state index >= 15 is 0 Å². The molecule has 60 valence electrons. The van der Waals surface area contributed by atoms with Gasteiger partial charge in [-0.1, -0.05) is 18.2 Å². The second-order valence-electron chi connectivity index (χ2n) is 3.40. The van der Waals surface area contributed by atoms with Crippen LogP contribution >= 0.6 is 0 Å². The van der Waals surface area contributed by atoms with Crippen LogP contribution in [0, 0.1) is 0 Å². The normalized spacial score (nSPS) is 24.5. The molecule has 11 heavy (non-hydrogen) atoms. The first-order chi connectivity index (χ1) is 5.45. The van der Waals surface area contributed by atoms with E-state index in [4.69, 9.17) is 0 Å². The highest BCUT2D eigenvalue weighted by atomic mass is 15.1. The van der Waals surface area contributed by atoms with E-state index in [1.807, 2.05) is 0 Å². The molecular formula is C10H15N. The van der Waals surface area contributed by atoms with Crippen LogP contribution in [0.2, 0.25) is 0 Å². The molecule has 1 fully saturated rings. The summed E-state index contributed by atoms with van der Waals surface area (Å²) in [7, 11) is 0. The van der Waals surface area contributed by atoms with Gasteiger partial charge in [0.1, 0.15) is 0 Å². The Bertz CT molecular complexity index is 185. The third kappa shape index (κ3) is 1.72. The van der Waals surface area contributed by atoms with Gasteiger partial charge in [-0.3, -0.25) is 4.90 Å². The maximum atomic E-state index is 2.54. The van der Waals surface area contributed by atoms with Crippen LogP contribution in [-0.2, 0) is 0 Å². The van der Waals surface area contributed by atoms with E-state index < -0.39 is 0 Å². The van der Waals surface area contributed by atoms with Gasteiger partial charge in [-0.25, -0.2) is 0 Å². The quantitative estimate of drug-likeness (QED) is 0.580. The topological polar surface area (TPSA) is 3.24 Å². The van der Waals surface area contributed by atoms with Crippen molar-refractivity contribution in [2.45, 2.75) is 19.3 Å². The van der Waals surface area contributed by atoms with E-state index in [9.17, 15) is 0 Å². The predicted molar refractivity (Wildman–Crippen MR) is 47.5 cm³/mol. The highest BCUT2D eigenvalue weighted by molar-refractivity contribution is 5.27. The summed E-state index contributed by atoms with van der Waals surface area (Å²) in [5.41, 5.74) is 1.52. The molecule has 0 aromatic rings. The van der Waals surface area contributed by atoms with E-state index in [1.54, 1.807) is 0 Å². The summed E-state index contributed by atoms with van der Waals surface area (Å²) in [5, 5.41) is 0. The molecule has 0 unspecified atom stereocenters. The van der Waals surface area contributed by atoms with Crippen molar-refractivity contribution in [3.63, 3.8) is 0 Å². The zero-order chi connectivity index (χ0) is 7.52. The highest BCUT2D eigenvalue weighted by Crippen LogP contribution is 2.14. The summed E-state index contributed by atoms with van der Waals surface area (Å²) >= 11 is 0. The first kappa shape index (κ1) is 7.11. The zero-order valence-corrected chi connectivity index (χ0v) is 6.92. The molecule has 0 aromatic carbocycles. The molecule has 0 amide bonds. The monoisotopic (exact) mass is 149 g/mol. The van der Waals surface area contributed by atoms with Crippen molar-refractivity contribution in [1.82, 2.24) is 4.90 Å². The lowest BCUT2D eigenvalue weighted by atomic mass is 10.3. The molecule has 0 atom stereocenters. The van der Waals surface area contributed by atoms with Crippen molar-refractivity contribution in [1.29, 1.82) is 0 Å². The van der Waals surface area contributed by atoms with Crippen LogP contribution in [0.5, 0.6) is 0 Å². The highest BCUT2D eigenvalue weighted by Gasteiger charge is 2.12. The molecule has 1 saturated heterocycles. The fourth-order valence-corrected chi connectivity index (χ4v) is 1.82. The Morgan fingerprint density at radius 1 is 1.27 bits per heavy atom. The van der Waals surface area contributed by atoms with Crippen molar-refractivity contribution in [2.75, 3.05) is 19.6 Å². The Hall–Kier alpha value is -0.560. The van der Waals surface area contributed by atoms with Crippen LogP contribution in [0.1, 0.15) is 19.3 Å². The Labute approximate surface area is 68.4 Å². The Morgan fingerprint density at radius 3 is 2.73 bits per heavy atom. The van der Waals surface area contributed by atoms with E-state index in [1.165, 1.54) is 38.0 Å². The van der Waals surface area contributed by atoms with Crippen molar-refractivity contribution in [3.05, 3.63) is 23.8 Å². The molecule has 0 bridgehead atoms. The number of hydrogen-bond donors (Lipinski definition) is 0. The lowest BCUT2D eigenvalue weighted by Gasteiger charge is -2.13. The summed E-state index contributed by atoms with van der Waals surface area (Å²) in [6.45, 7) is 3.81. The summed E-state index contributed by atoms with van der Waals surface area (Å²) in [5.74, 6) is 0. The maximum Gasteiger partial charge on any atom is 0.0230 e. The molecule has 2 rings (SSSR count). The van der Waals surface area contributed by atoms with Crippen molar-refractivity contribution < 1.29 is 0 Å². The maximum absolute atomic E-state index is 2.54. The molecule has 0 N–H and O–H groups in total. The number of nitrogens with zero attached hydrogens (tertiary/aromatic N) is 1. The van der Waals surface area contributed by atoms with E-state index in [0.29, 0.717) is 0 Å². The molecule has 1 aliphatic carbocycles. The number of hydrogen-bond acceptors (Lipinski definition) is 1. The van der Waals surface area contributed by atoms with Gasteiger partial charge < -0.3 is 0 Å². The van der Waals surface area contributed by atoms with E-state index in [2.05, 4.69) is 23.1 Å². The number of allylic oxidation sites excluding steroid dienone is 2. The van der Waals surface area contributed by atoms with Crippen LogP contribution in [0.25, 0.3) is 0 Å². The van der Waals surface area contributed by atoms with Crippen LogP contribution < -0.4 is 0 Å². The largest absolute Gasteiger partial charge is 0.299 e. The minimum absolute atomic E-state index is 1.16. The molecule has 0 aromatic heterocycles. The summed E-state index contributed by atoms with van der Waals surface area (Å²) in [6, 6.07) is 0. The molecule has 1 heterocycles. The van der Waals surface area contributed by atoms with Gasteiger partial charge in [0, 0.05) is 6.54 Å². The average molecular weight is 149 g/mol. The first-order valence-electron chi connectivity index (χ1n) is 4.53. The predicted octanol–water partition coefficient (Wildman–Crippen LogP) is 1.97. The van der Waals surface area contributed by atoms with Crippen LogP contribution in [0.3, 0.4) is 0 Å². The number of rotatable bonds is 2. The molecule has 1 aliphatic heterocycles. The van der Waals surface area contributed by atoms with E-state index in [0.717, 1.165) is 6.42 Å². The van der Waals surface area contributed by atoms with Crippen molar-refractivity contribution in [3.8, 4) is 0 Å². The summed E-state index contributed by atoms with van der Waals surface area (Å²) in [6.07, 6.45) is 10.8. The second-order valence-corrected chi connectivity index (χ2v) is 3.40. The van der Waals surface area contributed by atoms with Gasteiger partial charge in [-0.15, -0.1) is 0 Å². The molecule has 0 spiro atoms. The van der Waals surface area contributed by atoms with Gasteiger partial charge in [0.25, 0.3) is 0 Å². The van der Waals surface area contributed by atoms with Crippen LogP contribution in [0.15, 0.2) is 23.8 Å². The summed E-state index contributed by atoms with van der Waals surface area (Å²) in [4.78, 5) is 2.54. The molecule has 0 saturated carbocycles. The lowest BCUT2D eigenvalue weighted by molar-refractivity contribution is 0.371. The molecule has 1 heteroatoms. The Morgan fingerprint density at radius 2 is 2.09 bits per heavy atom. The molecular weight excluding hydrogens is 134 g/mol. The Balaban J connectivity index is 1.84. The standard InChI is InChI=1S/C10H15N/c1-2-6-10(5-1)9-11-7-3-4-8-11/h1,5-6H,2-4,7-9H2. The third-order valence-corrected chi connectivity index (χ3v) is 2.45. The average Bonchev–Trinajstić information content (AvgIpc) is 2.60. The lowest BCUT2D eigenvalue weighted by Crippen LogP contribution is -2.20. The Kier molecular flexibility index (Phi) is 2.08. The third-order valence-electron chi connectivity index (χ3n) is 2.45. The SMILES string of the molecule is C1=CC(CN2CCCC2)=CC1. The van der Waals surface area contributed by atoms with E-state index in [-0.39, 0.29) is 0 Å². The molecule has 2 aliphatic rings. The fraction of sp³-hybridized carbons (Fsp3) is 0.600. The van der Waals surface area contributed by atoms with Crippen molar-refractivity contribution >= 4 is 0 Å². The minimum Gasteiger partial charge on any atom is -0.299 e. The van der Waals surface area contributed by atoms with Gasteiger partial charge in [0.05, 0.1) is 0 Å². The van der Waals surface area contributed by atoms with Crippen LogP contribution in [-0.4, -0.2) is 24.5 Å². The molecule has 0 radical (unpaired) electrons. The first-order valence-corrected chi connectivity index (χ1v) is 4.53. The van der Waals surface area contributed by atoms with Crippen molar-refractivity contribution in [2.24, 2.45) is 0 Å². The van der Waals surface area contributed by atoms with Gasteiger partial charge in [0.2, 0.25) is 0 Å². The van der Waals surface area contributed by atoms with Gasteiger partial charge in [-0.05, 0) is 37.9 Å². The number of likely N-dealkylation sites (tertiary alicyclic amines) is 1. The van der Waals surface area contributed by atoms with Gasteiger partial charge in [-0.2, -0.15) is 0 Å². The van der Waals surface area contributed by atoms with Gasteiger partial charge >= 0.3 is 0 Å². The smallest absolute Gasteiger partial charge is 0.0230 e. The van der Waals surface area contributed by atoms with Gasteiger partial charge in [0.15, 0.2) is 0 Å². The second kappa shape index (κ2) is 3.22. The van der Waals surface area contributed by atoms with Crippen LogP contribution in [0.4, 0.5) is 0 Å². The molecule has 1 nitrogen and oxygen atoms in total. The fourth-order valence-electron chi connectivity index (χ4n) is 1.82.